The predicted octanol–water partition coefficient (Wildman–Crippen LogP) is 1.31. The van der Waals surface area contributed by atoms with Crippen LogP contribution in [0.1, 0.15) is 10.4 Å². The Kier molecular flexibility index (Phi) is 3.18. The van der Waals surface area contributed by atoms with Gasteiger partial charge in [0.1, 0.15) is 0 Å². The number of nitrogens with two attached hydrogens (primary N) is 1. The van der Waals surface area contributed by atoms with Crippen molar-refractivity contribution in [2.24, 2.45) is 5.73 Å². The third-order valence-electron chi connectivity index (χ3n) is 2.39. The van der Waals surface area contributed by atoms with Crippen LogP contribution in [0.25, 0.3) is 11.3 Å². The van der Waals surface area contributed by atoms with Crippen molar-refractivity contribution in [2.75, 3.05) is 6.26 Å². The second kappa shape index (κ2) is 4.51. The lowest BCUT2D eigenvalue weighted by Gasteiger charge is -2.02. The van der Waals surface area contributed by atoms with Crippen LogP contribution < -0.4 is 5.73 Å². The Morgan fingerprint density at radius 1 is 1.28 bits per heavy atom. The number of aromatic nitrogens is 1. The molecule has 0 aliphatic carbocycles. The van der Waals surface area contributed by atoms with Gasteiger partial charge in [-0.05, 0) is 23.7 Å². The van der Waals surface area contributed by atoms with E-state index in [1.807, 2.05) is 0 Å². The number of hydrogen-bond acceptors (Lipinski definition) is 5. The maximum absolute atomic E-state index is 11.3. The first kappa shape index (κ1) is 12.7. The van der Waals surface area contributed by atoms with Gasteiger partial charge in [0.05, 0.1) is 16.2 Å². The quantitative estimate of drug-likeness (QED) is 0.919. The van der Waals surface area contributed by atoms with Crippen LogP contribution in [0.5, 0.6) is 0 Å². The van der Waals surface area contributed by atoms with Gasteiger partial charge in [0.15, 0.2) is 9.84 Å². The van der Waals surface area contributed by atoms with Crippen molar-refractivity contribution >= 4 is 27.3 Å². The van der Waals surface area contributed by atoms with Crippen LogP contribution in [0.15, 0.2) is 34.5 Å². The van der Waals surface area contributed by atoms with E-state index in [-0.39, 0.29) is 4.90 Å². The molecular weight excluding hydrogens is 272 g/mol. The van der Waals surface area contributed by atoms with Crippen molar-refractivity contribution in [2.45, 2.75) is 4.90 Å². The van der Waals surface area contributed by atoms with Gasteiger partial charge >= 0.3 is 0 Å². The van der Waals surface area contributed by atoms with Gasteiger partial charge in [0.2, 0.25) is 0 Å². The van der Waals surface area contributed by atoms with E-state index in [0.717, 1.165) is 17.8 Å². The molecule has 0 aliphatic rings. The van der Waals surface area contributed by atoms with E-state index >= 15 is 0 Å². The number of benzene rings is 1. The van der Waals surface area contributed by atoms with Gasteiger partial charge in [-0.25, -0.2) is 8.42 Å². The summed E-state index contributed by atoms with van der Waals surface area (Å²) in [5.41, 5.74) is 6.71. The number of hydrogen-bond donors (Lipinski definition) is 1. The number of rotatable bonds is 3. The molecule has 0 saturated heterocycles. The highest BCUT2D eigenvalue weighted by atomic mass is 32.2. The highest BCUT2D eigenvalue weighted by molar-refractivity contribution is 7.90. The third kappa shape index (κ3) is 2.41. The number of amides is 1. The van der Waals surface area contributed by atoms with Crippen molar-refractivity contribution < 1.29 is 13.2 Å². The molecule has 1 aromatic carbocycles. The second-order valence-electron chi connectivity index (χ2n) is 3.74. The maximum Gasteiger partial charge on any atom is 0.251 e. The summed E-state index contributed by atoms with van der Waals surface area (Å²) < 4.78 is 26.7. The standard InChI is InChI=1S/C11H10N2O3S2/c1-18(15,16)8-4-2-7(3-5-8)10-9(11(12)14)6-17-13-10/h2-6H,1H3,(H2,12,14). The van der Waals surface area contributed by atoms with E-state index in [9.17, 15) is 13.2 Å². The molecule has 0 unspecified atom stereocenters. The molecule has 0 atom stereocenters. The number of nitrogens with zero attached hydrogens (tertiary/aromatic N) is 1. The van der Waals surface area contributed by atoms with Crippen LogP contribution in [0.3, 0.4) is 0 Å². The summed E-state index contributed by atoms with van der Waals surface area (Å²) in [6.07, 6.45) is 1.14. The Balaban J connectivity index is 2.47. The fraction of sp³-hybridized carbons (Fsp3) is 0.0909. The fourth-order valence-corrected chi connectivity index (χ4v) is 2.81. The number of sulfone groups is 1. The molecule has 0 aliphatic heterocycles. The Bertz CT molecular complexity index is 687. The summed E-state index contributed by atoms with van der Waals surface area (Å²) in [5, 5.41) is 1.57. The first-order valence-electron chi connectivity index (χ1n) is 4.94. The fourth-order valence-electron chi connectivity index (χ4n) is 1.48. The summed E-state index contributed by atoms with van der Waals surface area (Å²) in [4.78, 5) is 11.4. The molecule has 1 heterocycles. The van der Waals surface area contributed by atoms with Crippen molar-refractivity contribution in [3.8, 4) is 11.3 Å². The summed E-state index contributed by atoms with van der Waals surface area (Å²) >= 11 is 1.13. The highest BCUT2D eigenvalue weighted by Crippen LogP contribution is 2.24. The zero-order chi connectivity index (χ0) is 13.3. The van der Waals surface area contributed by atoms with E-state index < -0.39 is 15.7 Å². The molecule has 0 fully saturated rings. The average Bonchev–Trinajstić information content (AvgIpc) is 2.77. The van der Waals surface area contributed by atoms with Gasteiger partial charge in [-0.2, -0.15) is 4.37 Å². The normalized spacial score (nSPS) is 11.4. The molecule has 0 spiro atoms. The van der Waals surface area contributed by atoms with Crippen molar-refractivity contribution in [1.29, 1.82) is 0 Å². The van der Waals surface area contributed by atoms with Crippen LogP contribution in [0.2, 0.25) is 0 Å². The SMILES string of the molecule is CS(=O)(=O)c1ccc(-c2nscc2C(N)=O)cc1. The van der Waals surface area contributed by atoms with Gasteiger partial charge < -0.3 is 5.73 Å². The Morgan fingerprint density at radius 2 is 1.89 bits per heavy atom. The van der Waals surface area contributed by atoms with Crippen LogP contribution in [-0.2, 0) is 9.84 Å². The zero-order valence-corrected chi connectivity index (χ0v) is 11.1. The predicted molar refractivity (Wildman–Crippen MR) is 69.2 cm³/mol. The van der Waals surface area contributed by atoms with E-state index in [0.29, 0.717) is 16.8 Å². The van der Waals surface area contributed by atoms with Gasteiger partial charge in [0.25, 0.3) is 5.91 Å². The lowest BCUT2D eigenvalue weighted by Crippen LogP contribution is -2.11. The van der Waals surface area contributed by atoms with Crippen LogP contribution >= 0.6 is 11.5 Å². The molecule has 2 N–H and O–H groups in total. The molecule has 5 nitrogen and oxygen atoms in total. The van der Waals surface area contributed by atoms with Gasteiger partial charge in [-0.15, -0.1) is 0 Å². The summed E-state index contributed by atoms with van der Waals surface area (Å²) in [6.45, 7) is 0. The average molecular weight is 282 g/mol. The molecule has 1 amide bonds. The Morgan fingerprint density at radius 3 is 2.39 bits per heavy atom. The molecule has 0 bridgehead atoms. The minimum absolute atomic E-state index is 0.224. The maximum atomic E-state index is 11.3. The summed E-state index contributed by atoms with van der Waals surface area (Å²) in [6, 6.07) is 6.18. The molecule has 18 heavy (non-hydrogen) atoms. The molecule has 0 radical (unpaired) electrons. The monoisotopic (exact) mass is 282 g/mol. The van der Waals surface area contributed by atoms with E-state index in [1.165, 1.54) is 12.1 Å². The summed E-state index contributed by atoms with van der Waals surface area (Å²) in [5.74, 6) is -0.550. The topological polar surface area (TPSA) is 90.1 Å². The molecule has 7 heteroatoms. The smallest absolute Gasteiger partial charge is 0.251 e. The minimum Gasteiger partial charge on any atom is -0.366 e. The third-order valence-corrected chi connectivity index (χ3v) is 4.15. The number of carbonyl (C=O) groups is 1. The molecule has 1 aromatic heterocycles. The Hall–Kier alpha value is -1.73. The highest BCUT2D eigenvalue weighted by Gasteiger charge is 2.14. The largest absolute Gasteiger partial charge is 0.366 e. The lowest BCUT2D eigenvalue weighted by molar-refractivity contribution is 0.100. The van der Waals surface area contributed by atoms with Gasteiger partial charge in [0, 0.05) is 17.2 Å². The molecular formula is C11H10N2O3S2. The first-order chi connectivity index (χ1) is 8.39. The number of carbonyl (C=O) groups excluding carboxylic acids is 1. The van der Waals surface area contributed by atoms with Crippen LogP contribution in [0.4, 0.5) is 0 Å². The van der Waals surface area contributed by atoms with E-state index in [4.69, 9.17) is 5.73 Å². The van der Waals surface area contributed by atoms with E-state index in [2.05, 4.69) is 4.37 Å². The Labute approximate surface area is 108 Å². The van der Waals surface area contributed by atoms with Crippen molar-refractivity contribution in [3.63, 3.8) is 0 Å². The first-order valence-corrected chi connectivity index (χ1v) is 7.67. The second-order valence-corrected chi connectivity index (χ2v) is 6.38. The van der Waals surface area contributed by atoms with Crippen molar-refractivity contribution in [1.82, 2.24) is 4.37 Å². The zero-order valence-electron chi connectivity index (χ0n) is 9.45. The van der Waals surface area contributed by atoms with Crippen LogP contribution in [-0.4, -0.2) is 25.0 Å². The summed E-state index contributed by atoms with van der Waals surface area (Å²) in [7, 11) is -3.22. The van der Waals surface area contributed by atoms with Gasteiger partial charge in [-0.1, -0.05) is 12.1 Å². The number of primary amides is 1. The molecule has 2 aromatic rings. The van der Waals surface area contributed by atoms with E-state index in [1.54, 1.807) is 17.5 Å². The lowest BCUT2D eigenvalue weighted by atomic mass is 10.1. The van der Waals surface area contributed by atoms with Gasteiger partial charge in [-0.3, -0.25) is 4.79 Å². The molecule has 94 valence electrons. The molecule has 0 saturated carbocycles. The minimum atomic E-state index is -3.22. The molecule has 2 rings (SSSR count). The van der Waals surface area contributed by atoms with Crippen LogP contribution in [0, 0.1) is 0 Å². The van der Waals surface area contributed by atoms with Crippen molar-refractivity contribution in [3.05, 3.63) is 35.2 Å².